The van der Waals surface area contributed by atoms with Crippen LogP contribution in [-0.2, 0) is 4.79 Å². The van der Waals surface area contributed by atoms with Crippen molar-refractivity contribution in [2.75, 3.05) is 5.32 Å². The van der Waals surface area contributed by atoms with E-state index in [1.165, 1.54) is 23.1 Å². The largest absolute Gasteiger partial charge is 0.366 e. The first-order valence-corrected chi connectivity index (χ1v) is 9.12. The molecule has 0 bridgehead atoms. The van der Waals surface area contributed by atoms with Crippen LogP contribution in [0.25, 0.3) is 5.69 Å². The molecule has 2 amide bonds. The maximum Gasteiger partial charge on any atom is 0.251 e. The van der Waals surface area contributed by atoms with Crippen LogP contribution in [0.3, 0.4) is 0 Å². The third-order valence-electron chi connectivity index (χ3n) is 3.31. The Bertz CT molecular complexity index is 891. The number of nitrogens with one attached hydrogen (secondary N) is 1. The fourth-order valence-corrected chi connectivity index (χ4v) is 3.55. The van der Waals surface area contributed by atoms with Crippen LogP contribution in [-0.4, -0.2) is 31.8 Å². The molecular weight excluding hydrogens is 358 g/mol. The monoisotopic (exact) mass is 373 g/mol. The molecule has 0 saturated carbocycles. The SMILES string of the molecule is C[C@H](Sc1ncn(-c2ccccc2)n1)C(=O)Nc1sccc1C(N)=O. The number of amides is 2. The van der Waals surface area contributed by atoms with Gasteiger partial charge in [-0.05, 0) is 30.5 Å². The van der Waals surface area contributed by atoms with Gasteiger partial charge in [-0.1, -0.05) is 30.0 Å². The molecule has 0 aliphatic heterocycles. The molecule has 0 aliphatic carbocycles. The van der Waals surface area contributed by atoms with E-state index in [9.17, 15) is 9.59 Å². The number of nitrogens with zero attached hydrogens (tertiary/aromatic N) is 3. The summed E-state index contributed by atoms with van der Waals surface area (Å²) in [6, 6.07) is 11.2. The predicted molar refractivity (Wildman–Crippen MR) is 98.1 cm³/mol. The third-order valence-corrected chi connectivity index (χ3v) is 5.11. The number of para-hydroxylation sites is 1. The van der Waals surface area contributed by atoms with Gasteiger partial charge in [0, 0.05) is 0 Å². The minimum absolute atomic E-state index is 0.244. The lowest BCUT2D eigenvalue weighted by atomic mass is 10.3. The zero-order chi connectivity index (χ0) is 17.8. The van der Waals surface area contributed by atoms with Crippen LogP contribution >= 0.6 is 23.1 Å². The quantitative estimate of drug-likeness (QED) is 0.646. The molecule has 1 atom stereocenters. The molecule has 128 valence electrons. The van der Waals surface area contributed by atoms with Crippen molar-refractivity contribution in [2.24, 2.45) is 5.73 Å². The van der Waals surface area contributed by atoms with E-state index in [1.54, 1.807) is 29.4 Å². The summed E-state index contributed by atoms with van der Waals surface area (Å²) in [4.78, 5) is 27.9. The number of hydrogen-bond donors (Lipinski definition) is 2. The van der Waals surface area contributed by atoms with Crippen molar-refractivity contribution in [3.8, 4) is 5.69 Å². The zero-order valence-corrected chi connectivity index (χ0v) is 14.9. The Labute approximate surface area is 152 Å². The van der Waals surface area contributed by atoms with E-state index in [0.717, 1.165) is 5.69 Å². The van der Waals surface area contributed by atoms with Gasteiger partial charge in [-0.3, -0.25) is 9.59 Å². The summed E-state index contributed by atoms with van der Waals surface area (Å²) in [5.41, 5.74) is 6.48. The van der Waals surface area contributed by atoms with Crippen LogP contribution in [0.4, 0.5) is 5.00 Å². The fraction of sp³-hybridized carbons (Fsp3) is 0.125. The molecule has 0 saturated heterocycles. The van der Waals surface area contributed by atoms with Crippen LogP contribution in [0.1, 0.15) is 17.3 Å². The zero-order valence-electron chi connectivity index (χ0n) is 13.2. The fourth-order valence-electron chi connectivity index (χ4n) is 2.03. The molecule has 2 aromatic heterocycles. The van der Waals surface area contributed by atoms with E-state index in [-0.39, 0.29) is 5.91 Å². The average molecular weight is 373 g/mol. The molecular formula is C16H15N5O2S2. The van der Waals surface area contributed by atoms with Gasteiger partial charge in [0.25, 0.3) is 5.91 Å². The van der Waals surface area contributed by atoms with Crippen LogP contribution in [0.15, 0.2) is 53.3 Å². The van der Waals surface area contributed by atoms with Gasteiger partial charge in [-0.15, -0.1) is 16.4 Å². The summed E-state index contributed by atoms with van der Waals surface area (Å²) < 4.78 is 1.65. The van der Waals surface area contributed by atoms with Crippen molar-refractivity contribution in [1.29, 1.82) is 0 Å². The second-order valence-electron chi connectivity index (χ2n) is 5.08. The van der Waals surface area contributed by atoms with Gasteiger partial charge in [0.05, 0.1) is 16.5 Å². The highest BCUT2D eigenvalue weighted by Gasteiger charge is 2.20. The van der Waals surface area contributed by atoms with Crippen LogP contribution in [0.5, 0.6) is 0 Å². The number of benzene rings is 1. The van der Waals surface area contributed by atoms with Gasteiger partial charge in [-0.25, -0.2) is 9.67 Å². The van der Waals surface area contributed by atoms with Gasteiger partial charge in [-0.2, -0.15) is 0 Å². The minimum Gasteiger partial charge on any atom is -0.366 e. The van der Waals surface area contributed by atoms with Gasteiger partial charge < -0.3 is 11.1 Å². The Balaban J connectivity index is 1.65. The number of hydrogen-bond acceptors (Lipinski definition) is 6. The maximum atomic E-state index is 12.3. The Morgan fingerprint density at radius 2 is 2.04 bits per heavy atom. The van der Waals surface area contributed by atoms with E-state index in [2.05, 4.69) is 15.4 Å². The van der Waals surface area contributed by atoms with Crippen molar-refractivity contribution >= 4 is 39.9 Å². The van der Waals surface area contributed by atoms with E-state index >= 15 is 0 Å². The number of carbonyl (C=O) groups excluding carboxylic acids is 2. The molecule has 3 aromatic rings. The number of nitrogens with two attached hydrogens (primary N) is 1. The van der Waals surface area contributed by atoms with Crippen molar-refractivity contribution in [3.05, 3.63) is 53.7 Å². The van der Waals surface area contributed by atoms with Crippen LogP contribution in [0.2, 0.25) is 0 Å². The highest BCUT2D eigenvalue weighted by atomic mass is 32.2. The van der Waals surface area contributed by atoms with Crippen molar-refractivity contribution in [2.45, 2.75) is 17.3 Å². The van der Waals surface area contributed by atoms with Gasteiger partial charge >= 0.3 is 0 Å². The molecule has 9 heteroatoms. The first-order valence-electron chi connectivity index (χ1n) is 7.36. The van der Waals surface area contributed by atoms with Gasteiger partial charge in [0.1, 0.15) is 11.3 Å². The maximum absolute atomic E-state index is 12.3. The number of thioether (sulfide) groups is 1. The normalized spacial score (nSPS) is 11.9. The number of primary amides is 1. The topological polar surface area (TPSA) is 103 Å². The lowest BCUT2D eigenvalue weighted by Gasteiger charge is -2.09. The molecule has 2 heterocycles. The first-order chi connectivity index (χ1) is 12.0. The summed E-state index contributed by atoms with van der Waals surface area (Å²) in [5, 5.41) is 9.30. The lowest BCUT2D eigenvalue weighted by molar-refractivity contribution is -0.115. The summed E-state index contributed by atoms with van der Waals surface area (Å²) in [5.74, 6) is -0.814. The molecule has 3 rings (SSSR count). The molecule has 0 aliphatic rings. The summed E-state index contributed by atoms with van der Waals surface area (Å²) >= 11 is 2.49. The van der Waals surface area contributed by atoms with Crippen molar-refractivity contribution < 1.29 is 9.59 Å². The Kier molecular flexibility index (Phi) is 5.15. The lowest BCUT2D eigenvalue weighted by Crippen LogP contribution is -2.23. The second kappa shape index (κ2) is 7.49. The third kappa shape index (κ3) is 4.06. The number of thiophene rings is 1. The standard InChI is InChI=1S/C16H15N5O2S2/c1-10(14(23)19-15-12(13(17)22)7-8-24-15)25-16-18-9-21(20-16)11-5-3-2-4-6-11/h2-10H,1H3,(H2,17,22)(H,19,23)/t10-/m0/s1. The van der Waals surface area contributed by atoms with Gasteiger partial charge in [0.2, 0.25) is 11.1 Å². The molecule has 0 unspecified atom stereocenters. The first kappa shape index (κ1) is 17.2. The smallest absolute Gasteiger partial charge is 0.251 e. The Morgan fingerprint density at radius 1 is 1.28 bits per heavy atom. The van der Waals surface area contributed by atoms with Crippen LogP contribution in [0, 0.1) is 0 Å². The predicted octanol–water partition coefficient (Wildman–Crippen LogP) is 2.55. The van der Waals surface area contributed by atoms with Crippen LogP contribution < -0.4 is 11.1 Å². The van der Waals surface area contributed by atoms with Gasteiger partial charge in [0.15, 0.2) is 0 Å². The molecule has 1 aromatic carbocycles. The minimum atomic E-state index is -0.569. The Morgan fingerprint density at radius 3 is 2.76 bits per heavy atom. The molecule has 25 heavy (non-hydrogen) atoms. The van der Waals surface area contributed by atoms with Crippen molar-refractivity contribution in [3.63, 3.8) is 0 Å². The van der Waals surface area contributed by atoms with E-state index in [4.69, 9.17) is 5.73 Å². The molecule has 3 N–H and O–H groups in total. The summed E-state index contributed by atoms with van der Waals surface area (Å²) in [6.07, 6.45) is 1.60. The Hall–Kier alpha value is -2.65. The highest BCUT2D eigenvalue weighted by Crippen LogP contribution is 2.25. The second-order valence-corrected chi connectivity index (χ2v) is 7.31. The van der Waals surface area contributed by atoms with Crippen molar-refractivity contribution in [1.82, 2.24) is 14.8 Å². The molecule has 7 nitrogen and oxygen atoms in total. The summed E-state index contributed by atoms with van der Waals surface area (Å²) in [7, 11) is 0. The molecule has 0 radical (unpaired) electrons. The van der Waals surface area contributed by atoms with E-state index < -0.39 is 11.2 Å². The van der Waals surface area contributed by atoms with E-state index in [0.29, 0.717) is 15.7 Å². The molecule has 0 spiro atoms. The summed E-state index contributed by atoms with van der Waals surface area (Å²) in [6.45, 7) is 1.75. The number of rotatable bonds is 6. The van der Waals surface area contributed by atoms with E-state index in [1.807, 2.05) is 30.3 Å². The molecule has 0 fully saturated rings. The number of anilines is 1. The average Bonchev–Trinajstić information content (AvgIpc) is 3.25. The number of carbonyl (C=O) groups is 2. The number of aromatic nitrogens is 3. The highest BCUT2D eigenvalue weighted by molar-refractivity contribution is 8.00.